The minimum absolute atomic E-state index is 0.0491. The molecule has 4 aromatic carbocycles. The van der Waals surface area contributed by atoms with Crippen molar-refractivity contribution in [3.05, 3.63) is 115 Å². The number of carbonyl (C=O) groups excluding carboxylic acids is 1. The Hall–Kier alpha value is -3.59. The molecular formula is C30H30O6S2. The second-order valence-corrected chi connectivity index (χ2v) is 14.0. The molecule has 6 nitrogen and oxygen atoms in total. The molecular weight excluding hydrogens is 520 g/mol. The van der Waals surface area contributed by atoms with Crippen molar-refractivity contribution in [3.63, 3.8) is 0 Å². The number of aryl methyl sites for hydroxylation is 1. The van der Waals surface area contributed by atoms with Crippen LogP contribution in [0.25, 0.3) is 0 Å². The van der Waals surface area contributed by atoms with Gasteiger partial charge in [0.25, 0.3) is 0 Å². The van der Waals surface area contributed by atoms with Crippen molar-refractivity contribution < 1.29 is 26.3 Å². The second kappa shape index (κ2) is 11.0. The molecule has 0 amide bonds. The van der Waals surface area contributed by atoms with E-state index in [1.165, 1.54) is 12.1 Å². The standard InChI is InChI=1S/C30H30O6S2/c1-23-18-20-27(21-19-23)38(32,33)36-37(25-13-7-5-8-14-25,26-15-9-6-10-16-26)28-17-11-12-24(22-28)34-29(31)35-30(2,3)4/h5-22H,1-4H3. The molecule has 198 valence electrons. The third-order valence-electron chi connectivity index (χ3n) is 5.38. The van der Waals surface area contributed by atoms with Gasteiger partial charge in [-0.15, -0.1) is 0 Å². The van der Waals surface area contributed by atoms with E-state index in [4.69, 9.17) is 13.1 Å². The Morgan fingerprint density at radius 3 is 1.71 bits per heavy atom. The Labute approximate surface area is 225 Å². The molecule has 0 spiro atoms. The van der Waals surface area contributed by atoms with Gasteiger partial charge in [0.15, 0.2) is 0 Å². The maximum absolute atomic E-state index is 13.8. The van der Waals surface area contributed by atoms with E-state index in [1.807, 2.05) is 67.6 Å². The van der Waals surface area contributed by atoms with Crippen LogP contribution in [0.1, 0.15) is 26.3 Å². The fraction of sp³-hybridized carbons (Fsp3) is 0.167. The number of benzene rings is 4. The smallest absolute Gasteiger partial charge is 0.428 e. The highest BCUT2D eigenvalue weighted by Crippen LogP contribution is 2.70. The Bertz CT molecular complexity index is 1450. The molecule has 4 rings (SSSR count). The van der Waals surface area contributed by atoms with Gasteiger partial charge in [-0.3, -0.25) is 0 Å². The fourth-order valence-electron chi connectivity index (χ4n) is 3.71. The Morgan fingerprint density at radius 2 is 1.18 bits per heavy atom. The van der Waals surface area contributed by atoms with E-state index in [0.29, 0.717) is 14.7 Å². The van der Waals surface area contributed by atoms with Crippen molar-refractivity contribution in [1.82, 2.24) is 0 Å². The average molecular weight is 551 g/mol. The van der Waals surface area contributed by atoms with Crippen molar-refractivity contribution in [2.75, 3.05) is 0 Å². The van der Waals surface area contributed by atoms with Crippen LogP contribution in [-0.4, -0.2) is 20.2 Å². The van der Waals surface area contributed by atoms with E-state index in [2.05, 4.69) is 0 Å². The van der Waals surface area contributed by atoms with E-state index in [9.17, 15) is 13.2 Å². The summed E-state index contributed by atoms with van der Waals surface area (Å²) < 4.78 is 44.7. The summed E-state index contributed by atoms with van der Waals surface area (Å²) in [5.41, 5.74) is 0.198. The number of carbonyl (C=O) groups is 1. The molecule has 0 saturated carbocycles. The van der Waals surface area contributed by atoms with Crippen LogP contribution in [0, 0.1) is 6.92 Å². The molecule has 0 aliphatic rings. The first-order valence-electron chi connectivity index (χ1n) is 12.0. The van der Waals surface area contributed by atoms with Gasteiger partial charge >= 0.3 is 16.3 Å². The number of rotatable bonds is 7. The van der Waals surface area contributed by atoms with Crippen molar-refractivity contribution in [2.45, 2.75) is 52.9 Å². The lowest BCUT2D eigenvalue weighted by atomic mass is 10.2. The number of hydrogen-bond donors (Lipinski definition) is 0. The Balaban J connectivity index is 1.91. The van der Waals surface area contributed by atoms with Crippen molar-refractivity contribution in [1.29, 1.82) is 0 Å². The average Bonchev–Trinajstić information content (AvgIpc) is 2.87. The summed E-state index contributed by atoms with van der Waals surface area (Å²) >= 11 is 0. The highest BCUT2D eigenvalue weighted by atomic mass is 32.3. The first kappa shape index (κ1) is 27.4. The zero-order valence-corrected chi connectivity index (χ0v) is 23.3. The Kier molecular flexibility index (Phi) is 7.97. The highest BCUT2D eigenvalue weighted by Gasteiger charge is 2.38. The maximum Gasteiger partial charge on any atom is 0.514 e. The van der Waals surface area contributed by atoms with Gasteiger partial charge < -0.3 is 9.47 Å². The first-order chi connectivity index (χ1) is 18.0. The molecule has 8 heteroatoms. The molecule has 0 aliphatic heterocycles. The van der Waals surface area contributed by atoms with Crippen LogP contribution in [0.5, 0.6) is 5.75 Å². The lowest BCUT2D eigenvalue weighted by Gasteiger charge is -2.39. The SMILES string of the molecule is Cc1ccc(S(=O)(=O)OS(c2ccccc2)(c2ccccc2)c2cccc(OC(=O)OC(C)(C)C)c2)cc1. The van der Waals surface area contributed by atoms with Crippen LogP contribution in [0.4, 0.5) is 4.79 Å². The summed E-state index contributed by atoms with van der Waals surface area (Å²) in [4.78, 5) is 14.3. The molecule has 0 heterocycles. The van der Waals surface area contributed by atoms with Crippen molar-refractivity contribution >= 4 is 26.6 Å². The van der Waals surface area contributed by atoms with Crippen LogP contribution in [0.2, 0.25) is 0 Å². The normalized spacial score (nSPS) is 12.5. The third kappa shape index (κ3) is 6.27. The van der Waals surface area contributed by atoms with E-state index < -0.39 is 32.2 Å². The van der Waals surface area contributed by atoms with Crippen LogP contribution in [0.3, 0.4) is 0 Å². The molecule has 0 unspecified atom stereocenters. The van der Waals surface area contributed by atoms with Crippen LogP contribution in [0.15, 0.2) is 129 Å². The van der Waals surface area contributed by atoms with Gasteiger partial charge in [0.05, 0.1) is 4.90 Å². The van der Waals surface area contributed by atoms with Gasteiger partial charge in [-0.25, -0.2) is 8.42 Å². The molecule has 0 N–H and O–H groups in total. The van der Waals surface area contributed by atoms with Gasteiger partial charge in [-0.2, -0.15) is 8.42 Å². The van der Waals surface area contributed by atoms with Gasteiger partial charge in [0.2, 0.25) is 0 Å². The zero-order valence-electron chi connectivity index (χ0n) is 21.7. The summed E-state index contributed by atoms with van der Waals surface area (Å²) in [7, 11) is -7.10. The number of hydrogen-bond acceptors (Lipinski definition) is 6. The van der Waals surface area contributed by atoms with Crippen molar-refractivity contribution in [2.24, 2.45) is 0 Å². The van der Waals surface area contributed by atoms with E-state index in [-0.39, 0.29) is 10.6 Å². The predicted molar refractivity (Wildman–Crippen MR) is 148 cm³/mol. The molecule has 0 atom stereocenters. The minimum Gasteiger partial charge on any atom is -0.428 e. The maximum atomic E-state index is 13.8. The Morgan fingerprint density at radius 1 is 0.658 bits per heavy atom. The molecule has 0 bridgehead atoms. The van der Waals surface area contributed by atoms with Gasteiger partial charge in [-0.1, -0.05) is 60.2 Å². The second-order valence-electron chi connectivity index (χ2n) is 9.56. The van der Waals surface area contributed by atoms with Gasteiger partial charge in [0.1, 0.15) is 11.4 Å². The van der Waals surface area contributed by atoms with Crippen LogP contribution in [-0.2, 0) is 18.5 Å². The van der Waals surface area contributed by atoms with Gasteiger partial charge in [-0.05, 0) is 92.6 Å². The predicted octanol–water partition coefficient (Wildman–Crippen LogP) is 7.91. The monoisotopic (exact) mass is 550 g/mol. The van der Waals surface area contributed by atoms with Crippen LogP contribution < -0.4 is 4.74 Å². The molecule has 0 aliphatic carbocycles. The molecule has 0 aromatic heterocycles. The fourth-order valence-corrected chi connectivity index (χ4v) is 8.96. The zero-order chi connectivity index (χ0) is 27.4. The molecule has 38 heavy (non-hydrogen) atoms. The summed E-state index contributed by atoms with van der Waals surface area (Å²) in [5.74, 6) is 0.205. The van der Waals surface area contributed by atoms with Crippen molar-refractivity contribution in [3.8, 4) is 5.75 Å². The van der Waals surface area contributed by atoms with Gasteiger partial charge in [0, 0.05) is 14.7 Å². The van der Waals surface area contributed by atoms with Crippen LogP contribution >= 0.6 is 10.3 Å². The molecule has 0 fully saturated rings. The summed E-state index contributed by atoms with van der Waals surface area (Å²) in [6.45, 7) is 7.12. The summed E-state index contributed by atoms with van der Waals surface area (Å²) in [6, 6.07) is 31.7. The molecule has 0 radical (unpaired) electrons. The lowest BCUT2D eigenvalue weighted by molar-refractivity contribution is 0.0205. The first-order valence-corrected chi connectivity index (χ1v) is 14.9. The van der Waals surface area contributed by atoms with E-state index in [1.54, 1.807) is 57.2 Å². The largest absolute Gasteiger partial charge is 0.514 e. The third-order valence-corrected chi connectivity index (χ3v) is 10.6. The minimum atomic E-state index is -4.23. The summed E-state index contributed by atoms with van der Waals surface area (Å²) in [5, 5.41) is 0. The summed E-state index contributed by atoms with van der Waals surface area (Å²) in [6.07, 6.45) is -0.858. The highest BCUT2D eigenvalue weighted by molar-refractivity contribution is 8.33. The van der Waals surface area contributed by atoms with E-state index in [0.717, 1.165) is 5.56 Å². The van der Waals surface area contributed by atoms with E-state index >= 15 is 0 Å². The molecule has 0 saturated heterocycles. The quantitative estimate of drug-likeness (QED) is 0.172. The number of ether oxygens (including phenoxy) is 2. The lowest BCUT2D eigenvalue weighted by Crippen LogP contribution is -2.26. The molecule has 4 aromatic rings. The topological polar surface area (TPSA) is 78.9 Å².